The molecule has 0 saturated carbocycles. The summed E-state index contributed by atoms with van der Waals surface area (Å²) in [6.07, 6.45) is 6.69. The molecule has 1 amide bonds. The van der Waals surface area contributed by atoms with Crippen molar-refractivity contribution in [2.75, 3.05) is 13.7 Å². The zero-order valence-electron chi connectivity index (χ0n) is 21.5. The van der Waals surface area contributed by atoms with Crippen molar-refractivity contribution < 1.29 is 14.3 Å². The fourth-order valence-corrected chi connectivity index (χ4v) is 6.00. The molecule has 1 aliphatic rings. The van der Waals surface area contributed by atoms with E-state index in [0.29, 0.717) is 29.4 Å². The number of carbonyl (C=O) groups excluding carboxylic acids is 1. The topological polar surface area (TPSA) is 94.8 Å². The maximum Gasteiger partial charge on any atom is 0.262 e. The molecular formula is C29H30N4O4S. The number of methoxy groups -OCH3 is 1. The van der Waals surface area contributed by atoms with Crippen molar-refractivity contribution >= 4 is 33.7 Å². The van der Waals surface area contributed by atoms with Crippen molar-refractivity contribution in [1.82, 2.24) is 15.0 Å². The largest absolute Gasteiger partial charge is 0.493 e. The summed E-state index contributed by atoms with van der Waals surface area (Å²) in [5.74, 6) is 1.42. The van der Waals surface area contributed by atoms with Gasteiger partial charge < -0.3 is 9.47 Å². The standard InChI is InChI=1S/C29H30N4O4S/c1-19-8-10-22-25(14-19)38-28-27(22)29(35)33(18-30-28)17-26(34)32-31-16-21-9-11-23(24(15-21)36-2)37-13-12-20-6-4-3-5-7-20/h3-7,9,11,15-16,18-19H,8,10,12-14,17H2,1-2H3,(H,32,34). The predicted octanol–water partition coefficient (Wildman–Crippen LogP) is 4.36. The van der Waals surface area contributed by atoms with Crippen LogP contribution in [0.15, 0.2) is 64.8 Å². The second kappa shape index (κ2) is 11.6. The molecule has 0 bridgehead atoms. The van der Waals surface area contributed by atoms with Gasteiger partial charge in [0.1, 0.15) is 11.4 Å². The Hall–Kier alpha value is -3.98. The number of hydrogen-bond acceptors (Lipinski definition) is 7. The fourth-order valence-electron chi connectivity index (χ4n) is 4.65. The van der Waals surface area contributed by atoms with E-state index in [2.05, 4.69) is 34.6 Å². The molecule has 8 nitrogen and oxygen atoms in total. The van der Waals surface area contributed by atoms with Crippen molar-refractivity contribution in [2.24, 2.45) is 11.0 Å². The van der Waals surface area contributed by atoms with Crippen molar-refractivity contribution in [1.29, 1.82) is 0 Å². The van der Waals surface area contributed by atoms with Gasteiger partial charge in [0.15, 0.2) is 11.5 Å². The number of nitrogens with zero attached hydrogens (tertiary/aromatic N) is 3. The van der Waals surface area contributed by atoms with E-state index < -0.39 is 5.91 Å². The summed E-state index contributed by atoms with van der Waals surface area (Å²) in [6, 6.07) is 15.6. The van der Waals surface area contributed by atoms with Crippen LogP contribution in [0.4, 0.5) is 0 Å². The zero-order chi connectivity index (χ0) is 26.5. The van der Waals surface area contributed by atoms with Crippen LogP contribution in [0.3, 0.4) is 0 Å². The average molecular weight is 531 g/mol. The SMILES string of the molecule is COc1cc(C=NNC(=O)Cn2cnc3sc4c(c3c2=O)CCC(C)C4)ccc1OCCc1ccccc1. The highest BCUT2D eigenvalue weighted by atomic mass is 32.1. The highest BCUT2D eigenvalue weighted by Crippen LogP contribution is 2.35. The third-order valence-electron chi connectivity index (χ3n) is 6.68. The number of rotatable bonds is 9. The zero-order valence-corrected chi connectivity index (χ0v) is 22.3. The quantitative estimate of drug-likeness (QED) is 0.256. The lowest BCUT2D eigenvalue weighted by Gasteiger charge is -2.17. The van der Waals surface area contributed by atoms with Crippen LogP contribution in [-0.2, 0) is 30.6 Å². The van der Waals surface area contributed by atoms with Crippen LogP contribution in [0.2, 0.25) is 0 Å². The molecule has 9 heteroatoms. The molecular weight excluding hydrogens is 500 g/mol. The summed E-state index contributed by atoms with van der Waals surface area (Å²) in [5.41, 5.74) is 5.36. The third kappa shape index (κ3) is 5.78. The van der Waals surface area contributed by atoms with Gasteiger partial charge in [-0.25, -0.2) is 10.4 Å². The lowest BCUT2D eigenvalue weighted by molar-refractivity contribution is -0.121. The van der Waals surface area contributed by atoms with Crippen molar-refractivity contribution in [3.63, 3.8) is 0 Å². The molecule has 1 aliphatic carbocycles. The second-order valence-corrected chi connectivity index (χ2v) is 10.6. The molecule has 0 radical (unpaired) electrons. The highest BCUT2D eigenvalue weighted by molar-refractivity contribution is 7.18. The van der Waals surface area contributed by atoms with E-state index in [1.165, 1.54) is 27.5 Å². The average Bonchev–Trinajstić information content (AvgIpc) is 3.29. The van der Waals surface area contributed by atoms with Gasteiger partial charge in [0, 0.05) is 11.3 Å². The number of fused-ring (bicyclic) bond motifs is 3. The molecule has 0 aliphatic heterocycles. The number of aryl methyl sites for hydroxylation is 1. The number of ether oxygens (including phenoxy) is 2. The minimum atomic E-state index is -0.407. The molecule has 4 aromatic rings. The monoisotopic (exact) mass is 530 g/mol. The lowest BCUT2D eigenvalue weighted by atomic mass is 9.89. The van der Waals surface area contributed by atoms with Gasteiger partial charge in [-0.05, 0) is 60.1 Å². The van der Waals surface area contributed by atoms with Gasteiger partial charge >= 0.3 is 0 Å². The number of carbonyl (C=O) groups is 1. The van der Waals surface area contributed by atoms with Crippen molar-refractivity contribution in [3.05, 3.63) is 86.8 Å². The van der Waals surface area contributed by atoms with Crippen LogP contribution in [0.5, 0.6) is 11.5 Å². The number of hydrogen-bond donors (Lipinski definition) is 1. The van der Waals surface area contributed by atoms with Gasteiger partial charge in [-0.15, -0.1) is 11.3 Å². The molecule has 2 aromatic carbocycles. The van der Waals surface area contributed by atoms with Gasteiger partial charge in [-0.3, -0.25) is 14.2 Å². The summed E-state index contributed by atoms with van der Waals surface area (Å²) >= 11 is 1.60. The number of amides is 1. The number of hydrazone groups is 1. The van der Waals surface area contributed by atoms with E-state index in [4.69, 9.17) is 9.47 Å². The smallest absolute Gasteiger partial charge is 0.262 e. The second-order valence-electron chi connectivity index (χ2n) is 9.50. The first kappa shape index (κ1) is 25.7. The van der Waals surface area contributed by atoms with Crippen LogP contribution >= 0.6 is 11.3 Å². The first-order chi connectivity index (χ1) is 18.5. The van der Waals surface area contributed by atoms with Gasteiger partial charge in [0.05, 0.1) is 31.6 Å². The van der Waals surface area contributed by atoms with Gasteiger partial charge in [0.2, 0.25) is 0 Å². The highest BCUT2D eigenvalue weighted by Gasteiger charge is 2.23. The Morgan fingerprint density at radius 1 is 1.24 bits per heavy atom. The van der Waals surface area contributed by atoms with E-state index >= 15 is 0 Å². The van der Waals surface area contributed by atoms with Crippen LogP contribution in [0.1, 0.15) is 34.9 Å². The van der Waals surface area contributed by atoms with E-state index in [9.17, 15) is 9.59 Å². The molecule has 0 fully saturated rings. The van der Waals surface area contributed by atoms with E-state index in [1.807, 2.05) is 30.3 Å². The first-order valence-corrected chi connectivity index (χ1v) is 13.5. The van der Waals surface area contributed by atoms with Crippen LogP contribution in [0, 0.1) is 5.92 Å². The molecule has 1 unspecified atom stereocenters. The van der Waals surface area contributed by atoms with Crippen LogP contribution < -0.4 is 20.5 Å². The molecule has 196 valence electrons. The maximum absolute atomic E-state index is 13.1. The number of thiophene rings is 1. The molecule has 0 saturated heterocycles. The third-order valence-corrected chi connectivity index (χ3v) is 7.84. The molecule has 38 heavy (non-hydrogen) atoms. The minimum absolute atomic E-state index is 0.155. The summed E-state index contributed by atoms with van der Waals surface area (Å²) in [4.78, 5) is 32.1. The van der Waals surface area contributed by atoms with E-state index in [1.54, 1.807) is 24.5 Å². The summed E-state index contributed by atoms with van der Waals surface area (Å²) in [5, 5.41) is 4.71. The normalized spacial score (nSPS) is 14.9. The Morgan fingerprint density at radius 3 is 2.89 bits per heavy atom. The summed E-state index contributed by atoms with van der Waals surface area (Å²) < 4.78 is 12.7. The van der Waals surface area contributed by atoms with Crippen molar-refractivity contribution in [3.8, 4) is 11.5 Å². The molecule has 0 spiro atoms. The molecule has 2 aromatic heterocycles. The summed E-state index contributed by atoms with van der Waals surface area (Å²) in [7, 11) is 1.58. The minimum Gasteiger partial charge on any atom is -0.493 e. The van der Waals surface area contributed by atoms with Crippen LogP contribution in [-0.4, -0.2) is 35.4 Å². The molecule has 1 atom stereocenters. The first-order valence-electron chi connectivity index (χ1n) is 12.7. The lowest BCUT2D eigenvalue weighted by Crippen LogP contribution is -2.30. The Morgan fingerprint density at radius 2 is 2.08 bits per heavy atom. The van der Waals surface area contributed by atoms with Gasteiger partial charge in [-0.2, -0.15) is 5.10 Å². The van der Waals surface area contributed by atoms with Crippen molar-refractivity contribution in [2.45, 2.75) is 39.2 Å². The molecule has 2 heterocycles. The van der Waals surface area contributed by atoms with Gasteiger partial charge in [0.25, 0.3) is 11.5 Å². The number of aromatic nitrogens is 2. The van der Waals surface area contributed by atoms with Gasteiger partial charge in [-0.1, -0.05) is 37.3 Å². The summed E-state index contributed by atoms with van der Waals surface area (Å²) in [6.45, 7) is 2.60. The Bertz CT molecular complexity index is 1530. The Kier molecular flexibility index (Phi) is 7.83. The van der Waals surface area contributed by atoms with Crippen LogP contribution in [0.25, 0.3) is 10.2 Å². The Balaban J connectivity index is 1.19. The van der Waals surface area contributed by atoms with E-state index in [0.717, 1.165) is 41.6 Å². The Labute approximate surface area is 224 Å². The fraction of sp³-hybridized carbons (Fsp3) is 0.310. The number of nitrogens with one attached hydrogen (secondary N) is 1. The molecule has 1 N–H and O–H groups in total. The predicted molar refractivity (Wildman–Crippen MR) is 149 cm³/mol. The molecule has 5 rings (SSSR count). The number of benzene rings is 2. The maximum atomic E-state index is 13.1. The van der Waals surface area contributed by atoms with E-state index in [-0.39, 0.29) is 12.1 Å².